The van der Waals surface area contributed by atoms with E-state index < -0.39 is 0 Å². The second-order valence-corrected chi connectivity index (χ2v) is 4.23. The van der Waals surface area contributed by atoms with Crippen molar-refractivity contribution in [3.8, 4) is 0 Å². The van der Waals surface area contributed by atoms with Crippen LogP contribution in [0, 0.1) is 4.77 Å². The van der Waals surface area contributed by atoms with Crippen molar-refractivity contribution >= 4 is 12.2 Å². The van der Waals surface area contributed by atoms with Crippen LogP contribution < -0.4 is 0 Å². The van der Waals surface area contributed by atoms with Crippen LogP contribution in [0.25, 0.3) is 0 Å². The summed E-state index contributed by atoms with van der Waals surface area (Å²) >= 11 is 5.27. The average Bonchev–Trinajstić information content (AvgIpc) is 2.71. The Morgan fingerprint density at radius 1 is 1.71 bits per heavy atom. The van der Waals surface area contributed by atoms with Crippen LogP contribution in [0.1, 0.15) is 32.0 Å². The summed E-state index contributed by atoms with van der Waals surface area (Å²) in [7, 11) is 0. The second-order valence-electron chi connectivity index (χ2n) is 3.84. The second kappa shape index (κ2) is 3.87. The Bertz CT molecular complexity index is 368. The van der Waals surface area contributed by atoms with Gasteiger partial charge < -0.3 is 14.3 Å². The molecule has 1 aromatic heterocycles. The summed E-state index contributed by atoms with van der Waals surface area (Å²) in [5.41, 5.74) is 1.28. The Balaban J connectivity index is 2.30. The van der Waals surface area contributed by atoms with Gasteiger partial charge in [0.25, 0.3) is 0 Å². The lowest BCUT2D eigenvalue weighted by molar-refractivity contribution is 0.120. The molecule has 0 radical (unpaired) electrons. The highest BCUT2D eigenvalue weighted by Gasteiger charge is 2.25. The fourth-order valence-electron chi connectivity index (χ4n) is 2.06. The van der Waals surface area contributed by atoms with Gasteiger partial charge in [-0.15, -0.1) is 0 Å². The topological polar surface area (TPSA) is 29.9 Å². The molecule has 1 aliphatic rings. The zero-order valence-corrected chi connectivity index (χ0v) is 9.43. The molecule has 2 unspecified atom stereocenters. The summed E-state index contributed by atoms with van der Waals surface area (Å²) < 4.78 is 8.59. The van der Waals surface area contributed by atoms with Gasteiger partial charge in [0.05, 0.1) is 18.8 Å². The van der Waals surface area contributed by atoms with Crippen molar-refractivity contribution in [2.75, 3.05) is 6.61 Å². The van der Waals surface area contributed by atoms with E-state index >= 15 is 0 Å². The van der Waals surface area contributed by atoms with E-state index in [1.807, 2.05) is 6.20 Å². The number of nitrogens with zero attached hydrogens (tertiary/aromatic N) is 1. The van der Waals surface area contributed by atoms with Crippen LogP contribution >= 0.6 is 12.2 Å². The van der Waals surface area contributed by atoms with Crippen LogP contribution in [0.4, 0.5) is 0 Å². The normalized spacial score (nSPS) is 27.0. The third-order valence-corrected chi connectivity index (χ3v) is 3.11. The van der Waals surface area contributed by atoms with Crippen LogP contribution in [0.3, 0.4) is 0 Å². The van der Waals surface area contributed by atoms with Gasteiger partial charge in [0.15, 0.2) is 4.77 Å². The number of rotatable bonds is 2. The van der Waals surface area contributed by atoms with Gasteiger partial charge in [-0.3, -0.25) is 0 Å². The summed E-state index contributed by atoms with van der Waals surface area (Å²) in [5.74, 6) is 0. The first-order valence-corrected chi connectivity index (χ1v) is 5.53. The Morgan fingerprint density at radius 2 is 2.50 bits per heavy atom. The number of imidazole rings is 1. The number of aromatic nitrogens is 2. The van der Waals surface area contributed by atoms with Crippen LogP contribution in [-0.4, -0.2) is 22.3 Å². The van der Waals surface area contributed by atoms with Gasteiger partial charge in [0.2, 0.25) is 0 Å². The van der Waals surface area contributed by atoms with Crippen molar-refractivity contribution in [1.82, 2.24) is 9.55 Å². The highest BCUT2D eigenvalue weighted by molar-refractivity contribution is 7.71. The van der Waals surface area contributed by atoms with Crippen molar-refractivity contribution in [3.63, 3.8) is 0 Å². The number of aryl methyl sites for hydroxylation is 1. The summed E-state index contributed by atoms with van der Waals surface area (Å²) in [6, 6.07) is 0.429. The molecule has 1 saturated heterocycles. The third-order valence-electron chi connectivity index (χ3n) is 2.80. The molecule has 0 bridgehead atoms. The zero-order chi connectivity index (χ0) is 10.1. The molecule has 14 heavy (non-hydrogen) atoms. The van der Waals surface area contributed by atoms with Gasteiger partial charge in [0.1, 0.15) is 0 Å². The van der Waals surface area contributed by atoms with Crippen LogP contribution in [0.5, 0.6) is 0 Å². The molecule has 0 aliphatic carbocycles. The molecule has 0 saturated carbocycles. The molecule has 3 nitrogen and oxygen atoms in total. The van der Waals surface area contributed by atoms with Gasteiger partial charge >= 0.3 is 0 Å². The highest BCUT2D eigenvalue weighted by Crippen LogP contribution is 2.25. The van der Waals surface area contributed by atoms with Crippen molar-refractivity contribution in [2.24, 2.45) is 0 Å². The van der Waals surface area contributed by atoms with Crippen molar-refractivity contribution in [2.45, 2.75) is 38.8 Å². The monoisotopic (exact) mass is 212 g/mol. The Hall–Kier alpha value is -0.610. The summed E-state index contributed by atoms with van der Waals surface area (Å²) in [6.45, 7) is 5.05. The molecule has 0 spiro atoms. The lowest BCUT2D eigenvalue weighted by Crippen LogP contribution is -2.11. The fourth-order valence-corrected chi connectivity index (χ4v) is 2.39. The van der Waals surface area contributed by atoms with E-state index in [4.69, 9.17) is 17.0 Å². The van der Waals surface area contributed by atoms with Gasteiger partial charge in [-0.1, -0.05) is 6.92 Å². The molecule has 0 amide bonds. The van der Waals surface area contributed by atoms with Gasteiger partial charge in [0, 0.05) is 11.9 Å². The predicted octanol–water partition coefficient (Wildman–Crippen LogP) is 2.46. The van der Waals surface area contributed by atoms with Gasteiger partial charge in [-0.2, -0.15) is 0 Å². The quantitative estimate of drug-likeness (QED) is 0.763. The molecule has 0 aromatic carbocycles. The Kier molecular flexibility index (Phi) is 2.74. The number of hydrogen-bond acceptors (Lipinski definition) is 2. The molecule has 1 aromatic rings. The van der Waals surface area contributed by atoms with E-state index in [0.29, 0.717) is 12.1 Å². The standard InChI is InChI=1S/C10H16N2OS/c1-3-8-5-11-10(14)12(8)9-4-7(2)13-6-9/h5,7,9H,3-4,6H2,1-2H3,(H,11,14). The molecule has 4 heteroatoms. The maximum atomic E-state index is 5.56. The number of hydrogen-bond donors (Lipinski definition) is 1. The third kappa shape index (κ3) is 1.64. The highest BCUT2D eigenvalue weighted by atomic mass is 32.1. The van der Waals surface area contributed by atoms with E-state index in [2.05, 4.69) is 23.4 Å². The fraction of sp³-hybridized carbons (Fsp3) is 0.700. The maximum absolute atomic E-state index is 5.56. The van der Waals surface area contributed by atoms with E-state index in [1.165, 1.54) is 5.69 Å². The molecule has 2 atom stereocenters. The number of nitrogens with one attached hydrogen (secondary N) is 1. The summed E-state index contributed by atoms with van der Waals surface area (Å²) in [4.78, 5) is 3.10. The van der Waals surface area contributed by atoms with Crippen LogP contribution in [0.15, 0.2) is 6.20 Å². The molecule has 2 heterocycles. The lowest BCUT2D eigenvalue weighted by atomic mass is 10.2. The molecule has 1 aliphatic heterocycles. The van der Waals surface area contributed by atoms with Crippen molar-refractivity contribution in [1.29, 1.82) is 0 Å². The lowest BCUT2D eigenvalue weighted by Gasteiger charge is -2.12. The largest absolute Gasteiger partial charge is 0.376 e. The summed E-state index contributed by atoms with van der Waals surface area (Å²) in [5, 5.41) is 0. The summed E-state index contributed by atoms with van der Waals surface area (Å²) in [6.07, 6.45) is 4.45. The first-order chi connectivity index (χ1) is 6.72. The maximum Gasteiger partial charge on any atom is 0.177 e. The molecular formula is C10H16N2OS. The molecule has 2 rings (SSSR count). The molecule has 1 N–H and O–H groups in total. The molecule has 1 fully saturated rings. The minimum atomic E-state index is 0.363. The van der Waals surface area contributed by atoms with E-state index in [-0.39, 0.29) is 0 Å². The van der Waals surface area contributed by atoms with E-state index in [0.717, 1.165) is 24.2 Å². The first-order valence-electron chi connectivity index (χ1n) is 5.12. The minimum absolute atomic E-state index is 0.363. The molecule has 78 valence electrons. The first kappa shape index (κ1) is 9.93. The van der Waals surface area contributed by atoms with E-state index in [9.17, 15) is 0 Å². The number of aromatic amines is 1. The van der Waals surface area contributed by atoms with E-state index in [1.54, 1.807) is 0 Å². The number of ether oxygens (including phenoxy) is 1. The van der Waals surface area contributed by atoms with Crippen LogP contribution in [-0.2, 0) is 11.2 Å². The Labute approximate surface area is 89.1 Å². The van der Waals surface area contributed by atoms with Crippen molar-refractivity contribution < 1.29 is 4.74 Å². The smallest absolute Gasteiger partial charge is 0.177 e. The Morgan fingerprint density at radius 3 is 3.07 bits per heavy atom. The molecular weight excluding hydrogens is 196 g/mol. The average molecular weight is 212 g/mol. The minimum Gasteiger partial charge on any atom is -0.376 e. The number of H-pyrrole nitrogens is 1. The SMILES string of the molecule is CCc1c[nH]c(=S)n1C1COC(C)C1. The van der Waals surface area contributed by atoms with Crippen molar-refractivity contribution in [3.05, 3.63) is 16.7 Å². The van der Waals surface area contributed by atoms with Gasteiger partial charge in [-0.25, -0.2) is 0 Å². The zero-order valence-electron chi connectivity index (χ0n) is 8.62. The predicted molar refractivity (Wildman–Crippen MR) is 58.1 cm³/mol. The van der Waals surface area contributed by atoms with Crippen LogP contribution in [0.2, 0.25) is 0 Å². The van der Waals surface area contributed by atoms with Gasteiger partial charge in [-0.05, 0) is 32.0 Å².